The van der Waals surface area contributed by atoms with Gasteiger partial charge in [0.05, 0.1) is 12.9 Å². The van der Waals surface area contributed by atoms with Crippen molar-refractivity contribution in [2.75, 3.05) is 11.9 Å². The Hall–Kier alpha value is -2.44. The van der Waals surface area contributed by atoms with E-state index in [1.54, 1.807) is 0 Å². The van der Waals surface area contributed by atoms with Gasteiger partial charge >= 0.3 is 7.82 Å². The van der Waals surface area contributed by atoms with Gasteiger partial charge in [-0.05, 0) is 5.56 Å². The number of nitrogens with zero attached hydrogens (tertiary/aromatic N) is 4. The molecule has 0 bridgehead atoms. The van der Waals surface area contributed by atoms with Crippen molar-refractivity contribution in [1.82, 2.24) is 19.5 Å². The highest BCUT2D eigenvalue weighted by Gasteiger charge is 2.45. The summed E-state index contributed by atoms with van der Waals surface area (Å²) >= 11 is 0. The van der Waals surface area contributed by atoms with Crippen LogP contribution >= 0.6 is 7.82 Å². The first-order valence-corrected chi connectivity index (χ1v) is 10.5. The lowest BCUT2D eigenvalue weighted by atomic mass is 10.1. The number of nitrogens with one attached hydrogen (secondary N) is 1. The number of hydrogen-bond acceptors (Lipinski definition) is 9. The number of phosphoric ester groups is 1. The van der Waals surface area contributed by atoms with Gasteiger partial charge in [0.2, 0.25) is 0 Å². The predicted octanol–water partition coefficient (Wildman–Crippen LogP) is 0.167. The Labute approximate surface area is 170 Å². The third kappa shape index (κ3) is 4.35. The molecular formula is C17H20N5O7P. The van der Waals surface area contributed by atoms with E-state index in [9.17, 15) is 14.8 Å². The molecular weight excluding hydrogens is 417 g/mol. The van der Waals surface area contributed by atoms with Crippen molar-refractivity contribution in [2.24, 2.45) is 0 Å². The minimum atomic E-state index is -4.74. The van der Waals surface area contributed by atoms with Crippen LogP contribution in [0.3, 0.4) is 0 Å². The molecule has 30 heavy (non-hydrogen) atoms. The quantitative estimate of drug-likeness (QED) is 0.319. The number of aliphatic hydroxyl groups is 2. The van der Waals surface area contributed by atoms with Crippen molar-refractivity contribution in [1.29, 1.82) is 0 Å². The fourth-order valence-corrected chi connectivity index (χ4v) is 3.56. The summed E-state index contributed by atoms with van der Waals surface area (Å²) in [5.41, 5.74) is 1.84. The van der Waals surface area contributed by atoms with E-state index in [0.29, 0.717) is 23.5 Å². The number of rotatable bonds is 7. The van der Waals surface area contributed by atoms with Crippen LogP contribution in [0.1, 0.15) is 11.8 Å². The molecule has 12 nitrogen and oxygen atoms in total. The average molecular weight is 437 g/mol. The zero-order valence-electron chi connectivity index (χ0n) is 15.5. The number of aromatic nitrogens is 4. The molecule has 1 aliphatic heterocycles. The number of benzene rings is 1. The topological polar surface area (TPSA) is 172 Å². The monoisotopic (exact) mass is 437 g/mol. The second kappa shape index (κ2) is 8.36. The average Bonchev–Trinajstić information content (AvgIpc) is 3.27. The van der Waals surface area contributed by atoms with Crippen LogP contribution in [-0.2, 0) is 20.4 Å². The Morgan fingerprint density at radius 1 is 1.13 bits per heavy atom. The largest absolute Gasteiger partial charge is 0.469 e. The van der Waals surface area contributed by atoms with Gasteiger partial charge in [-0.2, -0.15) is 0 Å². The van der Waals surface area contributed by atoms with Gasteiger partial charge in [-0.3, -0.25) is 9.09 Å². The number of imidazole rings is 1. The van der Waals surface area contributed by atoms with E-state index in [1.807, 2.05) is 30.3 Å². The molecule has 0 saturated carbocycles. The van der Waals surface area contributed by atoms with E-state index in [4.69, 9.17) is 14.5 Å². The number of ether oxygens (including phenoxy) is 1. The summed E-state index contributed by atoms with van der Waals surface area (Å²) in [7, 11) is -4.74. The Kier molecular flexibility index (Phi) is 5.80. The van der Waals surface area contributed by atoms with Crippen molar-refractivity contribution in [2.45, 2.75) is 31.1 Å². The standard InChI is InChI=1S/C17H20N5O7P/c23-13-11(7-28-30(25,26)27)29-17(14(13)24)22-9-21-12-15(19-8-20-16(12)22)18-6-10-4-2-1-3-5-10/h1-5,8-9,11,13-14,17,23-24H,6-7H2,(H,18,19,20)(H2,25,26,27)/t11-,13+,14-,17+/m0/s1. The molecule has 0 unspecified atom stereocenters. The summed E-state index contributed by atoms with van der Waals surface area (Å²) in [5, 5.41) is 23.7. The van der Waals surface area contributed by atoms with Crippen molar-refractivity contribution in [3.63, 3.8) is 0 Å². The lowest BCUT2D eigenvalue weighted by molar-refractivity contribution is -0.0504. The highest BCUT2D eigenvalue weighted by atomic mass is 31.2. The van der Waals surface area contributed by atoms with Crippen LogP contribution in [0.4, 0.5) is 5.82 Å². The Bertz CT molecular complexity index is 1060. The number of hydrogen-bond donors (Lipinski definition) is 5. The molecule has 160 valence electrons. The van der Waals surface area contributed by atoms with Gasteiger partial charge in [-0.15, -0.1) is 0 Å². The molecule has 0 radical (unpaired) electrons. The Morgan fingerprint density at radius 3 is 2.63 bits per heavy atom. The van der Waals surface area contributed by atoms with E-state index >= 15 is 0 Å². The lowest BCUT2D eigenvalue weighted by Crippen LogP contribution is -2.33. The van der Waals surface area contributed by atoms with Crippen LogP contribution in [0.15, 0.2) is 43.0 Å². The summed E-state index contributed by atoms with van der Waals surface area (Å²) in [4.78, 5) is 30.4. The van der Waals surface area contributed by atoms with E-state index < -0.39 is 39.0 Å². The van der Waals surface area contributed by atoms with Crippen LogP contribution in [0.5, 0.6) is 0 Å². The molecule has 0 aliphatic carbocycles. The molecule has 3 aromatic rings. The number of aliphatic hydroxyl groups excluding tert-OH is 2. The first kappa shape index (κ1) is 20.8. The second-order valence-corrected chi connectivity index (χ2v) is 7.96. The maximum absolute atomic E-state index is 10.9. The maximum atomic E-state index is 10.9. The van der Waals surface area contributed by atoms with Crippen LogP contribution in [0.25, 0.3) is 11.2 Å². The summed E-state index contributed by atoms with van der Waals surface area (Å²) in [5.74, 6) is 0.483. The molecule has 0 amide bonds. The normalized spacial score (nSPS) is 24.4. The molecule has 2 aromatic heterocycles. The molecule has 4 rings (SSSR count). The molecule has 0 spiro atoms. The summed E-state index contributed by atoms with van der Waals surface area (Å²) in [6, 6.07) is 9.71. The van der Waals surface area contributed by atoms with Crippen molar-refractivity contribution < 1.29 is 33.8 Å². The molecule has 4 atom stereocenters. The smallest absolute Gasteiger partial charge is 0.387 e. The van der Waals surface area contributed by atoms with Gasteiger partial charge in [0.1, 0.15) is 24.6 Å². The third-order valence-electron chi connectivity index (χ3n) is 4.68. The minimum absolute atomic E-state index is 0.355. The molecule has 3 heterocycles. The fourth-order valence-electron chi connectivity index (χ4n) is 3.22. The molecule has 5 N–H and O–H groups in total. The van der Waals surface area contributed by atoms with E-state index in [-0.39, 0.29) is 0 Å². The summed E-state index contributed by atoms with van der Waals surface area (Å²) in [6.07, 6.45) is -2.31. The molecule has 1 aromatic carbocycles. The van der Waals surface area contributed by atoms with Crippen LogP contribution < -0.4 is 5.32 Å². The fraction of sp³-hybridized carbons (Fsp3) is 0.353. The SMILES string of the molecule is O=P(O)(O)OC[C@@H]1O[C@@H](n2cnc3c(NCc4ccccc4)ncnc32)[C@@H](O)[C@@H]1O. The third-order valence-corrected chi connectivity index (χ3v) is 5.17. The first-order chi connectivity index (χ1) is 14.3. The lowest BCUT2D eigenvalue weighted by Gasteiger charge is -2.16. The van der Waals surface area contributed by atoms with Gasteiger partial charge in [-0.1, -0.05) is 30.3 Å². The van der Waals surface area contributed by atoms with Gasteiger partial charge < -0.3 is 30.1 Å². The second-order valence-electron chi connectivity index (χ2n) is 6.72. The maximum Gasteiger partial charge on any atom is 0.469 e. The number of phosphoric acid groups is 1. The van der Waals surface area contributed by atoms with Crippen molar-refractivity contribution in [3.05, 3.63) is 48.5 Å². The molecule has 1 fully saturated rings. The van der Waals surface area contributed by atoms with Crippen LogP contribution in [0.2, 0.25) is 0 Å². The number of fused-ring (bicyclic) bond motifs is 1. The zero-order valence-corrected chi connectivity index (χ0v) is 16.4. The molecule has 13 heteroatoms. The van der Waals surface area contributed by atoms with E-state index in [1.165, 1.54) is 17.2 Å². The molecule has 1 saturated heterocycles. The van der Waals surface area contributed by atoms with Crippen molar-refractivity contribution >= 4 is 24.8 Å². The van der Waals surface area contributed by atoms with E-state index in [2.05, 4.69) is 24.8 Å². The van der Waals surface area contributed by atoms with Gasteiger partial charge in [0, 0.05) is 6.54 Å². The summed E-state index contributed by atoms with van der Waals surface area (Å²) in [6.45, 7) is -0.0760. The van der Waals surface area contributed by atoms with Gasteiger partial charge in [-0.25, -0.2) is 19.5 Å². The Morgan fingerprint density at radius 2 is 1.90 bits per heavy atom. The van der Waals surface area contributed by atoms with Gasteiger partial charge in [0.15, 0.2) is 23.2 Å². The Balaban J connectivity index is 1.54. The highest BCUT2D eigenvalue weighted by molar-refractivity contribution is 7.46. The van der Waals surface area contributed by atoms with E-state index in [0.717, 1.165) is 5.56 Å². The summed E-state index contributed by atoms with van der Waals surface area (Å²) < 4.78 is 22.3. The number of anilines is 1. The van der Waals surface area contributed by atoms with Crippen LogP contribution in [0, 0.1) is 0 Å². The predicted molar refractivity (Wildman–Crippen MR) is 103 cm³/mol. The zero-order chi connectivity index (χ0) is 21.3. The van der Waals surface area contributed by atoms with Crippen molar-refractivity contribution in [3.8, 4) is 0 Å². The highest BCUT2D eigenvalue weighted by Crippen LogP contribution is 2.38. The minimum Gasteiger partial charge on any atom is -0.387 e. The first-order valence-electron chi connectivity index (χ1n) is 9.00. The van der Waals surface area contributed by atoms with Crippen LogP contribution in [-0.4, -0.2) is 64.4 Å². The molecule has 1 aliphatic rings. The van der Waals surface area contributed by atoms with Gasteiger partial charge in [0.25, 0.3) is 0 Å².